The summed E-state index contributed by atoms with van der Waals surface area (Å²) in [6, 6.07) is 11.8. The number of esters is 1. The summed E-state index contributed by atoms with van der Waals surface area (Å²) < 4.78 is 15.7. The first-order valence-corrected chi connectivity index (χ1v) is 9.78. The Kier molecular flexibility index (Phi) is 5.56. The fraction of sp³-hybridized carbons (Fsp3) is 0.318. The van der Waals surface area contributed by atoms with Crippen molar-refractivity contribution in [2.24, 2.45) is 0 Å². The predicted octanol–water partition coefficient (Wildman–Crippen LogP) is 2.58. The van der Waals surface area contributed by atoms with E-state index < -0.39 is 11.9 Å². The minimum atomic E-state index is -0.597. The molecule has 0 spiro atoms. The lowest BCUT2D eigenvalue weighted by Crippen LogP contribution is -2.31. The van der Waals surface area contributed by atoms with Crippen LogP contribution >= 0.6 is 0 Å². The molecule has 4 rings (SSSR count). The molecule has 2 aromatic rings. The van der Waals surface area contributed by atoms with E-state index in [1.807, 2.05) is 19.1 Å². The number of nitrogens with zero attached hydrogens (tertiary/aromatic N) is 1. The van der Waals surface area contributed by atoms with E-state index in [-0.39, 0.29) is 25.3 Å². The average molecular weight is 410 g/mol. The minimum Gasteiger partial charge on any atom is -0.454 e. The van der Waals surface area contributed by atoms with Crippen molar-refractivity contribution in [2.75, 3.05) is 24.8 Å². The fourth-order valence-corrected chi connectivity index (χ4v) is 3.46. The molecule has 1 fully saturated rings. The number of carbonyl (C=O) groups excluding carboxylic acids is 3. The molecule has 1 atom stereocenters. The van der Waals surface area contributed by atoms with Gasteiger partial charge in [0.2, 0.25) is 12.7 Å². The molecule has 156 valence electrons. The highest BCUT2D eigenvalue weighted by atomic mass is 16.7. The number of nitrogens with one attached hydrogen (secondary N) is 1. The monoisotopic (exact) mass is 410 g/mol. The van der Waals surface area contributed by atoms with E-state index in [9.17, 15) is 14.4 Å². The van der Waals surface area contributed by atoms with Crippen LogP contribution in [0.15, 0.2) is 42.5 Å². The van der Waals surface area contributed by atoms with E-state index in [0.717, 1.165) is 17.7 Å². The first-order chi connectivity index (χ1) is 14.5. The normalized spacial score (nSPS) is 15.8. The molecule has 8 nitrogen and oxygen atoms in total. The second-order valence-corrected chi connectivity index (χ2v) is 7.17. The van der Waals surface area contributed by atoms with Gasteiger partial charge in [-0.1, -0.05) is 6.07 Å². The number of ether oxygens (including phenoxy) is 3. The molecule has 0 saturated carbocycles. The van der Waals surface area contributed by atoms with Gasteiger partial charge < -0.3 is 24.4 Å². The quantitative estimate of drug-likeness (QED) is 0.736. The lowest BCUT2D eigenvalue weighted by molar-refractivity contribution is -0.124. The van der Waals surface area contributed by atoms with Gasteiger partial charge in [-0.3, -0.25) is 9.59 Å². The van der Waals surface area contributed by atoms with Gasteiger partial charge in [0.15, 0.2) is 18.1 Å². The Labute approximate surface area is 173 Å². The standard InChI is InChI=1S/C22H22N2O6/c1-14(16-6-9-18-19(11-16)30-13-29-18)23-20(25)12-28-22(27)15-4-7-17(8-5-15)24-10-2-3-21(24)26/h4-9,11,14H,2-3,10,12-13H2,1H3,(H,23,25)/t14-/m1/s1. The lowest BCUT2D eigenvalue weighted by Gasteiger charge is -2.16. The van der Waals surface area contributed by atoms with Gasteiger partial charge in [-0.15, -0.1) is 0 Å². The van der Waals surface area contributed by atoms with Crippen molar-refractivity contribution in [3.63, 3.8) is 0 Å². The van der Waals surface area contributed by atoms with Crippen LogP contribution in [0.25, 0.3) is 0 Å². The van der Waals surface area contributed by atoms with Gasteiger partial charge in [0, 0.05) is 18.7 Å². The van der Waals surface area contributed by atoms with Crippen LogP contribution in [0.5, 0.6) is 11.5 Å². The third-order valence-electron chi connectivity index (χ3n) is 5.10. The Morgan fingerprint density at radius 1 is 1.13 bits per heavy atom. The van der Waals surface area contributed by atoms with Crippen molar-refractivity contribution in [2.45, 2.75) is 25.8 Å². The molecule has 2 aliphatic heterocycles. The van der Waals surface area contributed by atoms with Crippen LogP contribution in [0.4, 0.5) is 5.69 Å². The van der Waals surface area contributed by atoms with Gasteiger partial charge in [-0.05, 0) is 55.3 Å². The summed E-state index contributed by atoms with van der Waals surface area (Å²) in [5, 5.41) is 2.79. The average Bonchev–Trinajstić information content (AvgIpc) is 3.40. The maximum absolute atomic E-state index is 12.2. The lowest BCUT2D eigenvalue weighted by atomic mass is 10.1. The molecule has 2 aromatic carbocycles. The summed E-state index contributed by atoms with van der Waals surface area (Å²) in [6.07, 6.45) is 1.38. The Morgan fingerprint density at radius 3 is 2.63 bits per heavy atom. The topological polar surface area (TPSA) is 94.2 Å². The van der Waals surface area contributed by atoms with Crippen LogP contribution in [-0.2, 0) is 14.3 Å². The zero-order valence-electron chi connectivity index (χ0n) is 16.6. The van der Waals surface area contributed by atoms with Gasteiger partial charge in [-0.25, -0.2) is 4.79 Å². The highest BCUT2D eigenvalue weighted by molar-refractivity contribution is 5.96. The van der Waals surface area contributed by atoms with E-state index in [4.69, 9.17) is 14.2 Å². The number of amides is 2. The first kappa shape index (κ1) is 19.8. The maximum atomic E-state index is 12.2. The van der Waals surface area contributed by atoms with E-state index in [0.29, 0.717) is 30.0 Å². The third kappa shape index (κ3) is 4.22. The zero-order chi connectivity index (χ0) is 21.1. The number of fused-ring (bicyclic) bond motifs is 1. The highest BCUT2D eigenvalue weighted by Gasteiger charge is 2.22. The number of benzene rings is 2. The fourth-order valence-electron chi connectivity index (χ4n) is 3.46. The van der Waals surface area contributed by atoms with Gasteiger partial charge in [0.1, 0.15) is 0 Å². The van der Waals surface area contributed by atoms with E-state index in [1.165, 1.54) is 0 Å². The molecule has 1 saturated heterocycles. The molecule has 8 heteroatoms. The number of anilines is 1. The van der Waals surface area contributed by atoms with Crippen LogP contribution in [0.1, 0.15) is 41.7 Å². The Hall–Kier alpha value is -3.55. The molecule has 2 amide bonds. The van der Waals surface area contributed by atoms with Gasteiger partial charge >= 0.3 is 5.97 Å². The predicted molar refractivity (Wildman–Crippen MR) is 107 cm³/mol. The largest absolute Gasteiger partial charge is 0.454 e. The molecule has 0 aliphatic carbocycles. The minimum absolute atomic E-state index is 0.0820. The van der Waals surface area contributed by atoms with Crippen LogP contribution in [0.2, 0.25) is 0 Å². The van der Waals surface area contributed by atoms with Crippen molar-refractivity contribution in [3.05, 3.63) is 53.6 Å². The smallest absolute Gasteiger partial charge is 0.338 e. The summed E-state index contributed by atoms with van der Waals surface area (Å²) in [5.41, 5.74) is 1.93. The first-order valence-electron chi connectivity index (χ1n) is 9.78. The molecule has 2 heterocycles. The Morgan fingerprint density at radius 2 is 1.90 bits per heavy atom. The summed E-state index contributed by atoms with van der Waals surface area (Å²) in [6.45, 7) is 2.31. The molecule has 0 radical (unpaired) electrons. The third-order valence-corrected chi connectivity index (χ3v) is 5.10. The van der Waals surface area contributed by atoms with Crippen molar-refractivity contribution in [1.82, 2.24) is 5.32 Å². The van der Waals surface area contributed by atoms with Crippen LogP contribution in [-0.4, -0.2) is 37.7 Å². The number of carbonyl (C=O) groups is 3. The summed E-state index contributed by atoms with van der Waals surface area (Å²) in [5.74, 6) is 0.386. The van der Waals surface area contributed by atoms with Crippen molar-refractivity contribution < 1.29 is 28.6 Å². The Bertz CT molecular complexity index is 972. The number of hydrogen-bond donors (Lipinski definition) is 1. The zero-order valence-corrected chi connectivity index (χ0v) is 16.6. The summed E-state index contributed by atoms with van der Waals surface area (Å²) >= 11 is 0. The van der Waals surface area contributed by atoms with E-state index in [1.54, 1.807) is 35.2 Å². The highest BCUT2D eigenvalue weighted by Crippen LogP contribution is 2.34. The van der Waals surface area contributed by atoms with Crippen LogP contribution in [0.3, 0.4) is 0 Å². The van der Waals surface area contributed by atoms with E-state index in [2.05, 4.69) is 5.32 Å². The molecular formula is C22H22N2O6. The SMILES string of the molecule is C[C@@H](NC(=O)COC(=O)c1ccc(N2CCCC2=O)cc1)c1ccc2c(c1)OCO2. The molecule has 2 aliphatic rings. The van der Waals surface area contributed by atoms with Crippen LogP contribution in [0, 0.1) is 0 Å². The van der Waals surface area contributed by atoms with Crippen molar-refractivity contribution in [3.8, 4) is 11.5 Å². The summed E-state index contributed by atoms with van der Waals surface area (Å²) in [7, 11) is 0. The molecule has 0 bridgehead atoms. The van der Waals surface area contributed by atoms with Crippen LogP contribution < -0.4 is 19.7 Å². The maximum Gasteiger partial charge on any atom is 0.338 e. The summed E-state index contributed by atoms with van der Waals surface area (Å²) in [4.78, 5) is 37.9. The Balaban J connectivity index is 1.28. The molecule has 1 N–H and O–H groups in total. The van der Waals surface area contributed by atoms with Gasteiger partial charge in [-0.2, -0.15) is 0 Å². The molecule has 30 heavy (non-hydrogen) atoms. The van der Waals surface area contributed by atoms with Gasteiger partial charge in [0.05, 0.1) is 11.6 Å². The van der Waals surface area contributed by atoms with Crippen molar-refractivity contribution in [1.29, 1.82) is 0 Å². The second-order valence-electron chi connectivity index (χ2n) is 7.17. The molecular weight excluding hydrogens is 388 g/mol. The second kappa shape index (κ2) is 8.44. The van der Waals surface area contributed by atoms with Gasteiger partial charge in [0.25, 0.3) is 5.91 Å². The molecule has 0 unspecified atom stereocenters. The number of rotatable bonds is 6. The van der Waals surface area contributed by atoms with Crippen molar-refractivity contribution >= 4 is 23.5 Å². The van der Waals surface area contributed by atoms with E-state index >= 15 is 0 Å². The molecule has 0 aromatic heterocycles. The number of hydrogen-bond acceptors (Lipinski definition) is 6.